The molecule has 0 saturated carbocycles. The highest BCUT2D eigenvalue weighted by atomic mass is 79.9. The lowest BCUT2D eigenvalue weighted by Crippen LogP contribution is -1.79. The van der Waals surface area contributed by atoms with E-state index < -0.39 is 0 Å². The van der Waals surface area contributed by atoms with Gasteiger partial charge in [0.2, 0.25) is 0 Å². The van der Waals surface area contributed by atoms with Gasteiger partial charge in [-0.25, -0.2) is 0 Å². The Bertz CT molecular complexity index is 233. The quantitative estimate of drug-likeness (QED) is 0.578. The molecule has 1 aromatic rings. The second-order valence-corrected chi connectivity index (χ2v) is 5.51. The van der Waals surface area contributed by atoms with Gasteiger partial charge in [-0.05, 0) is 21.5 Å². The smallest absolute Gasteiger partial charge is 0.102 e. The fourth-order valence-electron chi connectivity index (χ4n) is 0.714. The summed E-state index contributed by atoms with van der Waals surface area (Å²) in [5, 5.41) is 0. The van der Waals surface area contributed by atoms with Gasteiger partial charge in [-0.1, -0.05) is 42.5 Å². The highest BCUT2D eigenvalue weighted by Gasteiger charge is 1.93. The number of thioether (sulfide) groups is 1. The minimum absolute atomic E-state index is 0.821. The molecule has 0 unspecified atom stereocenters. The van der Waals surface area contributed by atoms with Crippen LogP contribution in [-0.4, -0.2) is 3.11 Å². The van der Waals surface area contributed by atoms with Crippen LogP contribution >= 0.6 is 39.9 Å². The minimum atomic E-state index is 0.821. The summed E-state index contributed by atoms with van der Waals surface area (Å²) in [6.07, 6.45) is 0. The summed E-state index contributed by atoms with van der Waals surface area (Å²) in [5.74, 6) is 0.949. The SMILES string of the molecule is S=C(Br)SCc1ccccc1. The maximum Gasteiger partial charge on any atom is 0.114 e. The van der Waals surface area contributed by atoms with Crippen LogP contribution in [0.5, 0.6) is 0 Å². The highest BCUT2D eigenvalue weighted by molar-refractivity contribution is 9.24. The Morgan fingerprint density at radius 3 is 2.55 bits per heavy atom. The molecule has 0 spiro atoms. The number of hydrogen-bond donors (Lipinski definition) is 0. The zero-order valence-corrected chi connectivity index (χ0v) is 9.01. The average Bonchev–Trinajstić information content (AvgIpc) is 2.03. The Hall–Kier alpha value is 0.140. The number of rotatable bonds is 2. The van der Waals surface area contributed by atoms with Crippen molar-refractivity contribution in [2.24, 2.45) is 0 Å². The molecule has 0 heterocycles. The Morgan fingerprint density at radius 1 is 1.36 bits per heavy atom. The lowest BCUT2D eigenvalue weighted by Gasteiger charge is -1.96. The van der Waals surface area contributed by atoms with E-state index in [1.54, 1.807) is 11.8 Å². The van der Waals surface area contributed by atoms with Crippen LogP contribution in [0.3, 0.4) is 0 Å². The van der Waals surface area contributed by atoms with Crippen LogP contribution in [0.2, 0.25) is 0 Å². The molecule has 0 bridgehead atoms. The standard InChI is InChI=1S/C8H7BrS2/c9-8(10)11-6-7-4-2-1-3-5-7/h1-5H,6H2. The van der Waals surface area contributed by atoms with E-state index in [0.29, 0.717) is 0 Å². The zero-order chi connectivity index (χ0) is 8.10. The van der Waals surface area contributed by atoms with Gasteiger partial charge < -0.3 is 0 Å². The van der Waals surface area contributed by atoms with Crippen molar-refractivity contribution in [3.05, 3.63) is 35.9 Å². The predicted octanol–water partition coefficient (Wildman–Crippen LogP) is 3.60. The van der Waals surface area contributed by atoms with E-state index in [4.69, 9.17) is 12.2 Å². The molecule has 0 fully saturated rings. The van der Waals surface area contributed by atoms with Gasteiger partial charge in [-0.3, -0.25) is 0 Å². The summed E-state index contributed by atoms with van der Waals surface area (Å²) >= 11 is 9.73. The van der Waals surface area contributed by atoms with Crippen LogP contribution in [-0.2, 0) is 5.75 Å². The molecule has 11 heavy (non-hydrogen) atoms. The maximum atomic E-state index is 4.87. The molecule has 0 N–H and O–H groups in total. The predicted molar refractivity (Wildman–Crippen MR) is 59.3 cm³/mol. The monoisotopic (exact) mass is 246 g/mol. The van der Waals surface area contributed by atoms with Crippen LogP contribution in [0.25, 0.3) is 0 Å². The lowest BCUT2D eigenvalue weighted by atomic mass is 10.2. The summed E-state index contributed by atoms with van der Waals surface area (Å²) in [6, 6.07) is 10.3. The summed E-state index contributed by atoms with van der Waals surface area (Å²) < 4.78 is 0.821. The number of benzene rings is 1. The summed E-state index contributed by atoms with van der Waals surface area (Å²) in [4.78, 5) is 0. The zero-order valence-electron chi connectivity index (χ0n) is 5.79. The van der Waals surface area contributed by atoms with E-state index in [9.17, 15) is 0 Å². The molecular formula is C8H7BrS2. The Labute approximate surface area is 84.5 Å². The van der Waals surface area contributed by atoms with Gasteiger partial charge >= 0.3 is 0 Å². The van der Waals surface area contributed by atoms with E-state index in [-0.39, 0.29) is 0 Å². The molecule has 58 valence electrons. The van der Waals surface area contributed by atoms with Gasteiger partial charge in [0, 0.05) is 5.75 Å². The van der Waals surface area contributed by atoms with Gasteiger partial charge in [0.05, 0.1) is 0 Å². The largest absolute Gasteiger partial charge is 0.114 e. The van der Waals surface area contributed by atoms with Crippen molar-refractivity contribution < 1.29 is 0 Å². The topological polar surface area (TPSA) is 0 Å². The van der Waals surface area contributed by atoms with Crippen molar-refractivity contribution in [3.63, 3.8) is 0 Å². The number of thiocarbonyl (C=S) groups is 1. The maximum absolute atomic E-state index is 4.87. The van der Waals surface area contributed by atoms with Crippen LogP contribution in [0.1, 0.15) is 5.56 Å². The molecule has 0 atom stereocenters. The van der Waals surface area contributed by atoms with Gasteiger partial charge in [0.15, 0.2) is 0 Å². The van der Waals surface area contributed by atoms with Gasteiger partial charge in [-0.2, -0.15) is 0 Å². The van der Waals surface area contributed by atoms with E-state index in [2.05, 4.69) is 28.1 Å². The van der Waals surface area contributed by atoms with Crippen molar-refractivity contribution in [2.75, 3.05) is 0 Å². The fourth-order valence-corrected chi connectivity index (χ4v) is 1.71. The lowest BCUT2D eigenvalue weighted by molar-refractivity contribution is 1.43. The normalized spacial score (nSPS) is 9.55. The minimum Gasteiger partial charge on any atom is -0.102 e. The molecule has 0 amide bonds. The molecule has 1 rings (SSSR count). The summed E-state index contributed by atoms with van der Waals surface area (Å²) in [5.41, 5.74) is 1.30. The third kappa shape index (κ3) is 3.89. The van der Waals surface area contributed by atoms with Gasteiger partial charge in [-0.15, -0.1) is 11.8 Å². The molecule has 0 radical (unpaired) electrons. The van der Waals surface area contributed by atoms with E-state index in [0.717, 1.165) is 8.86 Å². The molecule has 1 aromatic carbocycles. The van der Waals surface area contributed by atoms with Crippen molar-refractivity contribution in [3.8, 4) is 0 Å². The molecular weight excluding hydrogens is 240 g/mol. The first-order chi connectivity index (χ1) is 5.29. The van der Waals surface area contributed by atoms with Gasteiger partial charge in [0.1, 0.15) is 3.11 Å². The molecule has 0 aliphatic heterocycles. The Balaban J connectivity index is 2.45. The van der Waals surface area contributed by atoms with Gasteiger partial charge in [0.25, 0.3) is 0 Å². The van der Waals surface area contributed by atoms with E-state index >= 15 is 0 Å². The first-order valence-corrected chi connectivity index (χ1v) is 5.34. The number of halogens is 1. The third-order valence-electron chi connectivity index (χ3n) is 1.20. The summed E-state index contributed by atoms with van der Waals surface area (Å²) in [7, 11) is 0. The van der Waals surface area contributed by atoms with Crippen LogP contribution < -0.4 is 0 Å². The molecule has 0 aliphatic carbocycles. The first kappa shape index (κ1) is 9.23. The molecule has 0 aromatic heterocycles. The van der Waals surface area contributed by atoms with Crippen molar-refractivity contribution in [1.29, 1.82) is 0 Å². The molecule has 0 nitrogen and oxygen atoms in total. The van der Waals surface area contributed by atoms with E-state index in [1.165, 1.54) is 5.56 Å². The third-order valence-corrected chi connectivity index (χ3v) is 2.94. The molecule has 0 saturated heterocycles. The van der Waals surface area contributed by atoms with Crippen molar-refractivity contribution in [2.45, 2.75) is 5.75 Å². The van der Waals surface area contributed by atoms with E-state index in [1.807, 2.05) is 18.2 Å². The van der Waals surface area contributed by atoms with Crippen LogP contribution in [0.4, 0.5) is 0 Å². The van der Waals surface area contributed by atoms with Crippen LogP contribution in [0, 0.1) is 0 Å². The van der Waals surface area contributed by atoms with Crippen LogP contribution in [0.15, 0.2) is 30.3 Å². The molecule has 3 heteroatoms. The number of hydrogen-bond acceptors (Lipinski definition) is 2. The first-order valence-electron chi connectivity index (χ1n) is 3.15. The van der Waals surface area contributed by atoms with Crippen molar-refractivity contribution in [1.82, 2.24) is 0 Å². The summed E-state index contributed by atoms with van der Waals surface area (Å²) in [6.45, 7) is 0. The Kier molecular flexibility index (Phi) is 4.12. The second kappa shape index (κ2) is 4.91. The fraction of sp³-hybridized carbons (Fsp3) is 0.125. The second-order valence-electron chi connectivity index (χ2n) is 2.01. The molecule has 0 aliphatic rings. The average molecular weight is 247 g/mol. The Morgan fingerprint density at radius 2 is 2.00 bits per heavy atom. The van der Waals surface area contributed by atoms with Crippen molar-refractivity contribution >= 4 is 43.0 Å². The highest BCUT2D eigenvalue weighted by Crippen LogP contribution is 2.16.